The lowest BCUT2D eigenvalue weighted by atomic mass is 9.78. The van der Waals surface area contributed by atoms with Gasteiger partial charge in [-0.3, -0.25) is 9.59 Å². The summed E-state index contributed by atoms with van der Waals surface area (Å²) in [6, 6.07) is 9.38. The van der Waals surface area contributed by atoms with Crippen LogP contribution in [-0.2, 0) is 42.9 Å². The number of alkyl halides is 3. The summed E-state index contributed by atoms with van der Waals surface area (Å²) in [6.45, 7) is 3.47. The molecule has 3 fully saturated rings. The summed E-state index contributed by atoms with van der Waals surface area (Å²) in [5.74, 6) is -1.49. The molecule has 5 amide bonds. The molecule has 18 heteroatoms. The number of ether oxygens (including phenoxy) is 2. The van der Waals surface area contributed by atoms with Crippen LogP contribution in [0.5, 0.6) is 0 Å². The number of nitrogen functional groups attached to an aromatic ring is 1. The van der Waals surface area contributed by atoms with E-state index in [9.17, 15) is 37.1 Å². The van der Waals surface area contributed by atoms with Crippen LogP contribution in [0, 0.1) is 11.8 Å². The number of likely N-dealkylation sites (tertiary alicyclic amines) is 3. The van der Waals surface area contributed by atoms with E-state index in [0.717, 1.165) is 23.9 Å². The number of nitrogens with zero attached hydrogens (tertiary/aromatic N) is 5. The zero-order chi connectivity index (χ0) is 43.1. The number of hydrogen-bond donors (Lipinski definition) is 2. The second-order valence-electron chi connectivity index (χ2n) is 16.4. The molecule has 0 radical (unpaired) electrons. The Balaban J connectivity index is 1.05. The minimum Gasteiger partial charge on any atom is -0.458 e. The molecule has 0 bridgehead atoms. The molecule has 4 heterocycles. The fraction of sp³-hybridized carbons (Fsp3) is 0.595. The van der Waals surface area contributed by atoms with Gasteiger partial charge in [-0.15, -0.1) is 0 Å². The molecule has 2 aromatic carbocycles. The maximum absolute atomic E-state index is 14.2. The highest BCUT2D eigenvalue weighted by molar-refractivity contribution is 6.33. The summed E-state index contributed by atoms with van der Waals surface area (Å²) in [5, 5.41) is 2.65. The third-order valence-electron chi connectivity index (χ3n) is 12.2. The lowest BCUT2D eigenvalue weighted by molar-refractivity contribution is -0.161. The molecule has 60 heavy (non-hydrogen) atoms. The van der Waals surface area contributed by atoms with Gasteiger partial charge in [0.15, 0.2) is 6.10 Å². The first-order valence-electron chi connectivity index (χ1n) is 20.7. The second-order valence-corrected chi connectivity index (χ2v) is 16.9. The number of fused-ring (bicyclic) bond motifs is 1. The molecule has 3 N–H and O–H groups in total. The summed E-state index contributed by atoms with van der Waals surface area (Å²) in [7, 11) is 3.83. The number of carbonyl (C=O) groups is 5. The predicted octanol–water partition coefficient (Wildman–Crippen LogP) is 5.52. The molecule has 4 aliphatic heterocycles. The van der Waals surface area contributed by atoms with Crippen molar-refractivity contribution in [2.75, 3.05) is 84.1 Å². The lowest BCUT2D eigenvalue weighted by Gasteiger charge is -2.41. The van der Waals surface area contributed by atoms with Gasteiger partial charge >= 0.3 is 30.2 Å². The Morgan fingerprint density at radius 1 is 0.900 bits per heavy atom. The summed E-state index contributed by atoms with van der Waals surface area (Å²) < 4.78 is 52.8. The molecule has 4 aliphatic rings. The number of benzene rings is 2. The number of nitrogens with two attached hydrogens (primary N) is 1. The number of rotatable bonds is 10. The van der Waals surface area contributed by atoms with Crippen molar-refractivity contribution in [3.63, 3.8) is 0 Å². The molecule has 2 aromatic rings. The van der Waals surface area contributed by atoms with Crippen molar-refractivity contribution in [3.05, 3.63) is 58.1 Å². The van der Waals surface area contributed by atoms with Gasteiger partial charge in [0.2, 0.25) is 0 Å². The average molecular weight is 862 g/mol. The molecular formula is C42H55ClF3N7O7. The highest BCUT2D eigenvalue weighted by Gasteiger charge is 2.39. The highest BCUT2D eigenvalue weighted by Crippen LogP contribution is 2.39. The Hall–Kier alpha value is -4.77. The molecule has 0 unspecified atom stereocenters. The normalized spacial score (nSPS) is 19.1. The molecule has 0 saturated carbocycles. The number of halogens is 4. The quantitative estimate of drug-likeness (QED) is 0.136. The minimum atomic E-state index is -4.81. The van der Waals surface area contributed by atoms with E-state index in [1.165, 1.54) is 15.9 Å². The average Bonchev–Trinajstić information content (AvgIpc) is 3.40. The van der Waals surface area contributed by atoms with E-state index in [0.29, 0.717) is 84.1 Å². The zero-order valence-corrected chi connectivity index (χ0v) is 34.9. The number of hydrogen-bond acceptors (Lipinski definition) is 9. The second kappa shape index (κ2) is 19.7. The summed E-state index contributed by atoms with van der Waals surface area (Å²) in [4.78, 5) is 74.4. The molecular weight excluding hydrogens is 807 g/mol. The third kappa shape index (κ3) is 11.1. The van der Waals surface area contributed by atoms with Crippen LogP contribution in [0.4, 0.5) is 34.1 Å². The van der Waals surface area contributed by atoms with Gasteiger partial charge in [-0.2, -0.15) is 13.2 Å². The summed E-state index contributed by atoms with van der Waals surface area (Å²) in [5.41, 5.74) is 5.75. The SMILES string of the molecule is CN(C)CCCOC(=O)C(=O)N1CCC(C2CCN(C(=O)[C@@H](Cc3cc(Cl)c(N)c(C(F)(F)F)c3)OC(=O)N3CCC(N4CCc5ccccc5NC4=O)CC3)CC2)CC1. The smallest absolute Gasteiger partial charge is 0.418 e. The molecule has 3 saturated heterocycles. The van der Waals surface area contributed by atoms with Crippen LogP contribution in [0.3, 0.4) is 0 Å². The number of nitrogens with one attached hydrogen (secondary N) is 1. The Morgan fingerprint density at radius 2 is 1.52 bits per heavy atom. The van der Waals surface area contributed by atoms with Crippen LogP contribution >= 0.6 is 11.6 Å². The van der Waals surface area contributed by atoms with E-state index >= 15 is 0 Å². The maximum atomic E-state index is 14.2. The van der Waals surface area contributed by atoms with E-state index in [4.69, 9.17) is 26.8 Å². The largest absolute Gasteiger partial charge is 0.458 e. The molecule has 0 spiro atoms. The molecule has 1 atom stereocenters. The van der Waals surface area contributed by atoms with Crippen molar-refractivity contribution >= 4 is 52.9 Å². The third-order valence-corrected chi connectivity index (χ3v) is 12.6. The van der Waals surface area contributed by atoms with Gasteiger partial charge in [-0.25, -0.2) is 14.4 Å². The topological polar surface area (TPSA) is 158 Å². The fourth-order valence-electron chi connectivity index (χ4n) is 8.82. The van der Waals surface area contributed by atoms with Crippen molar-refractivity contribution in [1.29, 1.82) is 0 Å². The van der Waals surface area contributed by atoms with Gasteiger partial charge in [0, 0.05) is 70.5 Å². The molecule has 6 rings (SSSR count). The first-order chi connectivity index (χ1) is 28.6. The number of carbonyl (C=O) groups excluding carboxylic acids is 5. The van der Waals surface area contributed by atoms with Crippen molar-refractivity contribution in [3.8, 4) is 0 Å². The van der Waals surface area contributed by atoms with Crippen LogP contribution in [0.1, 0.15) is 61.6 Å². The van der Waals surface area contributed by atoms with Gasteiger partial charge in [-0.1, -0.05) is 29.8 Å². The van der Waals surface area contributed by atoms with E-state index in [1.807, 2.05) is 43.3 Å². The predicted molar refractivity (Wildman–Crippen MR) is 218 cm³/mol. The number of urea groups is 1. The first kappa shape index (κ1) is 44.8. The number of esters is 1. The Bertz CT molecular complexity index is 1880. The van der Waals surface area contributed by atoms with E-state index in [2.05, 4.69) is 5.32 Å². The Kier molecular flexibility index (Phi) is 14.7. The number of amides is 5. The Morgan fingerprint density at radius 3 is 2.15 bits per heavy atom. The van der Waals surface area contributed by atoms with Crippen molar-refractivity contribution in [2.24, 2.45) is 11.8 Å². The zero-order valence-electron chi connectivity index (χ0n) is 34.2. The first-order valence-corrected chi connectivity index (χ1v) is 21.1. The standard InChI is InChI=1S/C42H55ClF3N7O7/c1-49(2)15-5-23-59-39(56)38(55)51-18-10-29(11-19-51)28-8-16-50(17-9-28)37(54)35(26-27-24-32(42(44,45)46)36(47)33(43)25-27)60-41(58)52-20-13-31(14-21-52)53-22-12-30-6-3-4-7-34(30)48-40(53)57/h3-4,6-7,24-25,28-29,31,35H,5,8-23,26,47H2,1-2H3,(H,48,57)/t35-/m1/s1. The van der Waals surface area contributed by atoms with Gasteiger partial charge < -0.3 is 45.0 Å². The molecule has 14 nitrogen and oxygen atoms in total. The van der Waals surface area contributed by atoms with Crippen LogP contribution in [-0.4, -0.2) is 140 Å². The van der Waals surface area contributed by atoms with E-state index < -0.39 is 47.4 Å². The van der Waals surface area contributed by atoms with Gasteiger partial charge in [0.25, 0.3) is 5.91 Å². The van der Waals surface area contributed by atoms with Crippen molar-refractivity contribution < 1.29 is 46.6 Å². The van der Waals surface area contributed by atoms with Gasteiger partial charge in [-0.05, 0) is 107 Å². The maximum Gasteiger partial charge on any atom is 0.418 e. The minimum absolute atomic E-state index is 0.0354. The Labute approximate surface area is 353 Å². The van der Waals surface area contributed by atoms with E-state index in [-0.39, 0.29) is 60.6 Å². The summed E-state index contributed by atoms with van der Waals surface area (Å²) in [6.07, 6.45) is -2.44. The molecule has 0 aliphatic carbocycles. The van der Waals surface area contributed by atoms with Crippen LogP contribution in [0.2, 0.25) is 5.02 Å². The van der Waals surface area contributed by atoms with Gasteiger partial charge in [0.05, 0.1) is 22.9 Å². The van der Waals surface area contributed by atoms with Crippen LogP contribution in [0.15, 0.2) is 36.4 Å². The highest BCUT2D eigenvalue weighted by atomic mass is 35.5. The van der Waals surface area contributed by atoms with Gasteiger partial charge in [0.1, 0.15) is 0 Å². The molecule has 328 valence electrons. The number of para-hydroxylation sites is 1. The van der Waals surface area contributed by atoms with Crippen molar-refractivity contribution in [1.82, 2.24) is 24.5 Å². The number of piperidine rings is 3. The summed E-state index contributed by atoms with van der Waals surface area (Å²) >= 11 is 6.14. The van der Waals surface area contributed by atoms with Crippen molar-refractivity contribution in [2.45, 2.75) is 76.1 Å². The number of anilines is 2. The van der Waals surface area contributed by atoms with Crippen LogP contribution < -0.4 is 11.1 Å². The van der Waals surface area contributed by atoms with Crippen LogP contribution in [0.25, 0.3) is 0 Å². The lowest BCUT2D eigenvalue weighted by Crippen LogP contribution is -2.52. The fourth-order valence-corrected chi connectivity index (χ4v) is 9.06. The monoisotopic (exact) mass is 861 g/mol. The molecule has 0 aromatic heterocycles. The van der Waals surface area contributed by atoms with E-state index in [1.54, 1.807) is 9.80 Å².